The second-order valence-electron chi connectivity index (χ2n) is 4.12. The normalized spacial score (nSPS) is 12.7. The minimum Gasteiger partial charge on any atom is -0.327 e. The molecule has 18 heavy (non-hydrogen) atoms. The largest absolute Gasteiger partial charge is 0.327 e. The first-order valence-corrected chi connectivity index (χ1v) is 6.68. The van der Waals surface area contributed by atoms with E-state index in [0.29, 0.717) is 18.4 Å². The molecule has 0 spiro atoms. The molecule has 0 bridgehead atoms. The van der Waals surface area contributed by atoms with Gasteiger partial charge in [0.05, 0.1) is 4.34 Å². The molecule has 1 aromatic heterocycles. The zero-order chi connectivity index (χ0) is 13.1. The van der Waals surface area contributed by atoms with Crippen molar-refractivity contribution < 1.29 is 8.78 Å². The molecule has 1 nitrogen and oxygen atoms in total. The Bertz CT molecular complexity index is 542. The summed E-state index contributed by atoms with van der Waals surface area (Å²) in [6.45, 7) is 0. The van der Waals surface area contributed by atoms with Crippen LogP contribution in [0.3, 0.4) is 0 Å². The van der Waals surface area contributed by atoms with E-state index in [1.807, 2.05) is 12.1 Å². The van der Waals surface area contributed by atoms with Crippen molar-refractivity contribution in [3.8, 4) is 0 Å². The van der Waals surface area contributed by atoms with E-state index in [9.17, 15) is 8.78 Å². The van der Waals surface area contributed by atoms with Crippen molar-refractivity contribution in [2.24, 2.45) is 5.73 Å². The van der Waals surface area contributed by atoms with E-state index in [1.165, 1.54) is 17.4 Å². The molecule has 1 heterocycles. The highest BCUT2D eigenvalue weighted by atomic mass is 35.5. The SMILES string of the molecule is NC(Cc1ccc(F)c(F)c1)Cc1ccc(Cl)s1. The molecule has 1 unspecified atom stereocenters. The van der Waals surface area contributed by atoms with Crippen molar-refractivity contribution in [1.29, 1.82) is 0 Å². The molecule has 5 heteroatoms. The number of hydrogen-bond donors (Lipinski definition) is 1. The summed E-state index contributed by atoms with van der Waals surface area (Å²) in [5, 5.41) is 0. The van der Waals surface area contributed by atoms with Crippen LogP contribution in [-0.4, -0.2) is 6.04 Å². The average molecular weight is 288 g/mol. The fourth-order valence-electron chi connectivity index (χ4n) is 1.76. The fraction of sp³-hybridized carbons (Fsp3) is 0.231. The summed E-state index contributed by atoms with van der Waals surface area (Å²) >= 11 is 7.31. The summed E-state index contributed by atoms with van der Waals surface area (Å²) in [5.41, 5.74) is 6.68. The van der Waals surface area contributed by atoms with Gasteiger partial charge in [0, 0.05) is 10.9 Å². The molecule has 0 aliphatic rings. The Balaban J connectivity index is 1.98. The van der Waals surface area contributed by atoms with E-state index in [2.05, 4.69) is 0 Å². The quantitative estimate of drug-likeness (QED) is 0.910. The predicted octanol–water partition coefficient (Wildman–Crippen LogP) is 3.79. The molecule has 1 atom stereocenters. The standard InChI is InChI=1S/C13H12ClF2NS/c14-13-4-2-10(18-13)7-9(17)5-8-1-3-11(15)12(16)6-8/h1-4,6,9H,5,7,17H2. The van der Waals surface area contributed by atoms with Gasteiger partial charge < -0.3 is 5.73 Å². The smallest absolute Gasteiger partial charge is 0.159 e. The number of halogens is 3. The van der Waals surface area contributed by atoms with Crippen LogP contribution < -0.4 is 5.73 Å². The Morgan fingerprint density at radius 1 is 1.11 bits per heavy atom. The first kappa shape index (κ1) is 13.5. The van der Waals surface area contributed by atoms with Gasteiger partial charge in [0.1, 0.15) is 0 Å². The molecule has 0 saturated carbocycles. The molecule has 0 amide bonds. The van der Waals surface area contributed by atoms with Gasteiger partial charge in [0.15, 0.2) is 11.6 Å². The molecule has 0 radical (unpaired) electrons. The number of thiophene rings is 1. The van der Waals surface area contributed by atoms with Crippen LogP contribution in [0.4, 0.5) is 8.78 Å². The van der Waals surface area contributed by atoms with Crippen LogP contribution in [0.2, 0.25) is 4.34 Å². The molecular formula is C13H12ClF2NS. The Morgan fingerprint density at radius 3 is 2.50 bits per heavy atom. The summed E-state index contributed by atoms with van der Waals surface area (Å²) in [7, 11) is 0. The number of hydrogen-bond acceptors (Lipinski definition) is 2. The highest BCUT2D eigenvalue weighted by Gasteiger charge is 2.09. The summed E-state index contributed by atoms with van der Waals surface area (Å²) in [6, 6.07) is 7.49. The van der Waals surface area contributed by atoms with E-state index in [4.69, 9.17) is 17.3 Å². The molecule has 2 N–H and O–H groups in total. The summed E-state index contributed by atoms with van der Waals surface area (Å²) < 4.78 is 26.5. The highest BCUT2D eigenvalue weighted by Crippen LogP contribution is 2.23. The third-order valence-electron chi connectivity index (χ3n) is 2.57. The minimum absolute atomic E-state index is 0.135. The highest BCUT2D eigenvalue weighted by molar-refractivity contribution is 7.16. The molecule has 0 aliphatic heterocycles. The van der Waals surface area contributed by atoms with Gasteiger partial charge in [0.2, 0.25) is 0 Å². The predicted molar refractivity (Wildman–Crippen MR) is 71.1 cm³/mol. The molecule has 96 valence electrons. The lowest BCUT2D eigenvalue weighted by Gasteiger charge is -2.10. The molecule has 0 saturated heterocycles. The van der Waals surface area contributed by atoms with E-state index < -0.39 is 11.6 Å². The van der Waals surface area contributed by atoms with Gasteiger partial charge in [-0.1, -0.05) is 17.7 Å². The Labute approximate surface area is 113 Å². The van der Waals surface area contributed by atoms with E-state index in [0.717, 1.165) is 15.3 Å². The van der Waals surface area contributed by atoms with Crippen molar-refractivity contribution in [2.75, 3.05) is 0 Å². The lowest BCUT2D eigenvalue weighted by molar-refractivity contribution is 0.506. The number of nitrogens with two attached hydrogens (primary N) is 1. The van der Waals surface area contributed by atoms with Crippen molar-refractivity contribution >= 4 is 22.9 Å². The third-order valence-corrected chi connectivity index (χ3v) is 3.83. The summed E-state index contributed by atoms with van der Waals surface area (Å²) in [5.74, 6) is -1.67. The number of rotatable bonds is 4. The van der Waals surface area contributed by atoms with E-state index in [-0.39, 0.29) is 6.04 Å². The van der Waals surface area contributed by atoms with Gasteiger partial charge >= 0.3 is 0 Å². The van der Waals surface area contributed by atoms with Crippen LogP contribution in [-0.2, 0) is 12.8 Å². The lowest BCUT2D eigenvalue weighted by Crippen LogP contribution is -2.25. The van der Waals surface area contributed by atoms with Crippen molar-refractivity contribution in [2.45, 2.75) is 18.9 Å². The average Bonchev–Trinajstić information content (AvgIpc) is 2.69. The monoisotopic (exact) mass is 287 g/mol. The number of benzene rings is 1. The molecule has 2 aromatic rings. The van der Waals surface area contributed by atoms with Crippen LogP contribution in [0.15, 0.2) is 30.3 Å². The van der Waals surface area contributed by atoms with Crippen LogP contribution in [0.1, 0.15) is 10.4 Å². The molecule has 1 aromatic carbocycles. The maximum atomic E-state index is 13.0. The molecule has 0 fully saturated rings. The van der Waals surface area contributed by atoms with Crippen LogP contribution in [0.5, 0.6) is 0 Å². The lowest BCUT2D eigenvalue weighted by atomic mass is 10.0. The van der Waals surface area contributed by atoms with Gasteiger partial charge in [-0.15, -0.1) is 11.3 Å². The van der Waals surface area contributed by atoms with Gasteiger partial charge in [0.25, 0.3) is 0 Å². The fourth-order valence-corrected chi connectivity index (χ4v) is 2.94. The summed E-state index contributed by atoms with van der Waals surface area (Å²) in [6.07, 6.45) is 1.18. The van der Waals surface area contributed by atoms with Crippen LogP contribution in [0, 0.1) is 11.6 Å². The maximum absolute atomic E-state index is 13.0. The van der Waals surface area contributed by atoms with Crippen LogP contribution in [0.25, 0.3) is 0 Å². The summed E-state index contributed by atoms with van der Waals surface area (Å²) in [4.78, 5) is 1.09. The zero-order valence-corrected chi connectivity index (χ0v) is 11.1. The van der Waals surface area contributed by atoms with E-state index in [1.54, 1.807) is 6.07 Å². The van der Waals surface area contributed by atoms with Crippen molar-refractivity contribution in [1.82, 2.24) is 0 Å². The van der Waals surface area contributed by atoms with E-state index >= 15 is 0 Å². The Kier molecular flexibility index (Phi) is 4.32. The van der Waals surface area contributed by atoms with Gasteiger partial charge in [-0.25, -0.2) is 8.78 Å². The molecule has 0 aliphatic carbocycles. The van der Waals surface area contributed by atoms with Crippen molar-refractivity contribution in [3.63, 3.8) is 0 Å². The first-order chi connectivity index (χ1) is 8.54. The Morgan fingerprint density at radius 2 is 1.89 bits per heavy atom. The van der Waals surface area contributed by atoms with Crippen LogP contribution >= 0.6 is 22.9 Å². The molecule has 2 rings (SSSR count). The zero-order valence-electron chi connectivity index (χ0n) is 9.50. The first-order valence-electron chi connectivity index (χ1n) is 5.48. The Hall–Kier alpha value is -0.970. The van der Waals surface area contributed by atoms with Gasteiger partial charge in [-0.05, 0) is 42.7 Å². The van der Waals surface area contributed by atoms with Gasteiger partial charge in [-0.3, -0.25) is 0 Å². The van der Waals surface area contributed by atoms with Crippen molar-refractivity contribution in [3.05, 3.63) is 56.7 Å². The topological polar surface area (TPSA) is 26.0 Å². The second kappa shape index (κ2) is 5.78. The molecular weight excluding hydrogens is 276 g/mol. The third kappa shape index (κ3) is 3.51. The maximum Gasteiger partial charge on any atom is 0.159 e. The minimum atomic E-state index is -0.836. The second-order valence-corrected chi connectivity index (χ2v) is 5.92. The van der Waals surface area contributed by atoms with Gasteiger partial charge in [-0.2, -0.15) is 0 Å².